The van der Waals surface area contributed by atoms with Crippen molar-refractivity contribution in [2.45, 2.75) is 32.0 Å². The molecule has 90 valence electrons. The van der Waals surface area contributed by atoms with Crippen molar-refractivity contribution in [3.05, 3.63) is 36.0 Å². The molecule has 0 saturated heterocycles. The lowest BCUT2D eigenvalue weighted by Gasteiger charge is -2.09. The van der Waals surface area contributed by atoms with Gasteiger partial charge in [-0.2, -0.15) is 0 Å². The van der Waals surface area contributed by atoms with Crippen LogP contribution in [-0.4, -0.2) is 22.3 Å². The second-order valence-corrected chi connectivity index (χ2v) is 4.74. The van der Waals surface area contributed by atoms with Gasteiger partial charge in [0.15, 0.2) is 0 Å². The highest BCUT2D eigenvalue weighted by Crippen LogP contribution is 2.23. The van der Waals surface area contributed by atoms with Crippen molar-refractivity contribution >= 4 is 10.9 Å². The Hall–Kier alpha value is -1.32. The molecule has 0 spiro atoms. The van der Waals surface area contributed by atoms with Crippen LogP contribution in [0.3, 0.4) is 0 Å². The zero-order chi connectivity index (χ0) is 11.7. The van der Waals surface area contributed by atoms with E-state index in [2.05, 4.69) is 40.3 Å². The van der Waals surface area contributed by atoms with E-state index in [0.717, 1.165) is 12.6 Å². The molecule has 1 aliphatic rings. The van der Waals surface area contributed by atoms with Gasteiger partial charge in [-0.15, -0.1) is 0 Å². The van der Waals surface area contributed by atoms with E-state index >= 15 is 0 Å². The van der Waals surface area contributed by atoms with E-state index in [9.17, 15) is 0 Å². The van der Waals surface area contributed by atoms with Crippen LogP contribution < -0.4 is 5.32 Å². The van der Waals surface area contributed by atoms with Crippen LogP contribution in [0.2, 0.25) is 0 Å². The van der Waals surface area contributed by atoms with Crippen LogP contribution in [0.25, 0.3) is 10.9 Å². The van der Waals surface area contributed by atoms with Crippen molar-refractivity contribution in [3.63, 3.8) is 0 Å². The average Bonchev–Trinajstić information content (AvgIpc) is 3.09. The van der Waals surface area contributed by atoms with Gasteiger partial charge < -0.3 is 15.0 Å². The van der Waals surface area contributed by atoms with E-state index in [1.807, 2.05) is 0 Å². The van der Waals surface area contributed by atoms with Crippen LogP contribution in [0.1, 0.15) is 18.4 Å². The van der Waals surface area contributed by atoms with Crippen LogP contribution in [0.15, 0.2) is 30.5 Å². The molecule has 3 nitrogen and oxygen atoms in total. The third-order valence-electron chi connectivity index (χ3n) is 3.37. The van der Waals surface area contributed by atoms with Gasteiger partial charge >= 0.3 is 0 Å². The number of benzene rings is 1. The van der Waals surface area contributed by atoms with Crippen molar-refractivity contribution in [3.8, 4) is 0 Å². The number of nitrogens with zero attached hydrogens (tertiary/aromatic N) is 1. The maximum atomic E-state index is 9.08. The number of fused-ring (bicyclic) bond motifs is 1. The summed E-state index contributed by atoms with van der Waals surface area (Å²) in [4.78, 5) is 0. The Balaban J connectivity index is 1.93. The Labute approximate surface area is 101 Å². The van der Waals surface area contributed by atoms with Gasteiger partial charge in [-0.1, -0.05) is 18.2 Å². The molecule has 3 rings (SSSR count). The molecule has 2 aromatic rings. The summed E-state index contributed by atoms with van der Waals surface area (Å²) >= 11 is 0. The Morgan fingerprint density at radius 3 is 2.94 bits per heavy atom. The highest BCUT2D eigenvalue weighted by molar-refractivity contribution is 5.83. The quantitative estimate of drug-likeness (QED) is 0.823. The normalized spacial score (nSPS) is 15.6. The molecule has 17 heavy (non-hydrogen) atoms. The standard InChI is InChI=1S/C14H18N2O/c17-9-8-16-7-6-11-2-1-3-12(14(11)16)10-15-13-4-5-13/h1-3,6-7,13,15,17H,4-5,8-10H2. The first-order valence-electron chi connectivity index (χ1n) is 6.29. The predicted molar refractivity (Wildman–Crippen MR) is 68.9 cm³/mol. The zero-order valence-electron chi connectivity index (χ0n) is 9.89. The van der Waals surface area contributed by atoms with Crippen molar-refractivity contribution < 1.29 is 5.11 Å². The van der Waals surface area contributed by atoms with Crippen molar-refractivity contribution in [1.29, 1.82) is 0 Å². The second kappa shape index (κ2) is 4.51. The van der Waals surface area contributed by atoms with Crippen molar-refractivity contribution in [1.82, 2.24) is 9.88 Å². The fraction of sp³-hybridized carbons (Fsp3) is 0.429. The lowest BCUT2D eigenvalue weighted by molar-refractivity contribution is 0.278. The van der Waals surface area contributed by atoms with E-state index in [-0.39, 0.29) is 6.61 Å². The van der Waals surface area contributed by atoms with Crippen LogP contribution in [-0.2, 0) is 13.1 Å². The van der Waals surface area contributed by atoms with Gasteiger partial charge in [-0.05, 0) is 29.9 Å². The van der Waals surface area contributed by atoms with E-state index < -0.39 is 0 Å². The van der Waals surface area contributed by atoms with Gasteiger partial charge in [-0.25, -0.2) is 0 Å². The van der Waals surface area contributed by atoms with Crippen LogP contribution in [0, 0.1) is 0 Å². The highest BCUT2D eigenvalue weighted by Gasteiger charge is 2.20. The number of hydrogen-bond acceptors (Lipinski definition) is 2. The molecule has 0 atom stereocenters. The molecule has 0 bridgehead atoms. The van der Waals surface area contributed by atoms with E-state index in [0.29, 0.717) is 6.54 Å². The fourth-order valence-corrected chi connectivity index (χ4v) is 2.32. The van der Waals surface area contributed by atoms with Crippen LogP contribution >= 0.6 is 0 Å². The maximum absolute atomic E-state index is 9.08. The molecule has 1 aromatic carbocycles. The van der Waals surface area contributed by atoms with Gasteiger partial charge in [0.2, 0.25) is 0 Å². The number of aliphatic hydroxyl groups excluding tert-OH is 1. The van der Waals surface area contributed by atoms with Gasteiger partial charge in [0, 0.05) is 25.3 Å². The third kappa shape index (κ3) is 2.21. The van der Waals surface area contributed by atoms with E-state index in [1.165, 1.54) is 29.3 Å². The number of hydrogen-bond donors (Lipinski definition) is 2. The molecule has 2 N–H and O–H groups in total. The minimum atomic E-state index is 0.189. The lowest BCUT2D eigenvalue weighted by atomic mass is 10.1. The van der Waals surface area contributed by atoms with Crippen LogP contribution in [0.4, 0.5) is 0 Å². The molecule has 3 heteroatoms. The van der Waals surface area contributed by atoms with Gasteiger partial charge in [-0.3, -0.25) is 0 Å². The zero-order valence-corrected chi connectivity index (χ0v) is 9.89. The molecule has 1 aromatic heterocycles. The van der Waals surface area contributed by atoms with Gasteiger partial charge in [0.05, 0.1) is 12.1 Å². The molecular formula is C14H18N2O. The SMILES string of the molecule is OCCn1ccc2cccc(CNC3CC3)c21. The number of rotatable bonds is 5. The smallest absolute Gasteiger partial charge is 0.0610 e. The molecule has 0 amide bonds. The molecule has 0 aliphatic heterocycles. The summed E-state index contributed by atoms with van der Waals surface area (Å²) in [5, 5.41) is 13.9. The number of aromatic nitrogens is 1. The molecule has 1 aliphatic carbocycles. The summed E-state index contributed by atoms with van der Waals surface area (Å²) in [5.74, 6) is 0. The first-order chi connectivity index (χ1) is 8.38. The Morgan fingerprint density at radius 2 is 2.18 bits per heavy atom. The first-order valence-corrected chi connectivity index (χ1v) is 6.29. The number of nitrogens with one attached hydrogen (secondary N) is 1. The Kier molecular flexibility index (Phi) is 2.87. The van der Waals surface area contributed by atoms with E-state index in [4.69, 9.17) is 5.11 Å². The molecule has 1 saturated carbocycles. The fourth-order valence-electron chi connectivity index (χ4n) is 2.32. The minimum absolute atomic E-state index is 0.189. The highest BCUT2D eigenvalue weighted by atomic mass is 16.3. The Morgan fingerprint density at radius 1 is 1.29 bits per heavy atom. The van der Waals surface area contributed by atoms with Crippen LogP contribution in [0.5, 0.6) is 0 Å². The average molecular weight is 230 g/mol. The van der Waals surface area contributed by atoms with Crippen molar-refractivity contribution in [2.75, 3.05) is 6.61 Å². The molecule has 1 heterocycles. The number of aliphatic hydroxyl groups is 1. The first kappa shape index (κ1) is 10.8. The summed E-state index contributed by atoms with van der Waals surface area (Å²) in [6.45, 7) is 1.79. The van der Waals surface area contributed by atoms with Gasteiger partial charge in [0.25, 0.3) is 0 Å². The van der Waals surface area contributed by atoms with Gasteiger partial charge in [0.1, 0.15) is 0 Å². The summed E-state index contributed by atoms with van der Waals surface area (Å²) in [6.07, 6.45) is 4.68. The molecule has 0 unspecified atom stereocenters. The summed E-state index contributed by atoms with van der Waals surface area (Å²) in [5.41, 5.74) is 2.59. The molecule has 0 radical (unpaired) electrons. The Bertz CT molecular complexity index is 514. The summed E-state index contributed by atoms with van der Waals surface area (Å²) in [7, 11) is 0. The second-order valence-electron chi connectivity index (χ2n) is 4.74. The third-order valence-corrected chi connectivity index (χ3v) is 3.37. The lowest BCUT2D eigenvalue weighted by Crippen LogP contribution is -2.16. The number of para-hydroxylation sites is 1. The molecule has 1 fully saturated rings. The maximum Gasteiger partial charge on any atom is 0.0610 e. The largest absolute Gasteiger partial charge is 0.395 e. The minimum Gasteiger partial charge on any atom is -0.395 e. The van der Waals surface area contributed by atoms with Crippen molar-refractivity contribution in [2.24, 2.45) is 0 Å². The monoisotopic (exact) mass is 230 g/mol. The predicted octanol–water partition coefficient (Wildman–Crippen LogP) is 1.89. The molecular weight excluding hydrogens is 212 g/mol. The summed E-state index contributed by atoms with van der Waals surface area (Å²) < 4.78 is 2.14. The topological polar surface area (TPSA) is 37.2 Å². The van der Waals surface area contributed by atoms with E-state index in [1.54, 1.807) is 0 Å². The summed E-state index contributed by atoms with van der Waals surface area (Å²) in [6, 6.07) is 9.25.